The topological polar surface area (TPSA) is 61.4 Å². The summed E-state index contributed by atoms with van der Waals surface area (Å²) in [4.78, 5) is 24.9. The standard InChI is InChI=1S/C21H21F4N5O/c22-14-9-15(11-26-10-14)27-20(31)30-18-6-7-29(18)17-5-4-16(28-19(17)30)12-2-1-3-13(8-12)21(23,24)25/h4-5,9-13,18H,1-3,6-8H2,(H,27,31). The van der Waals surface area contributed by atoms with E-state index in [1.54, 1.807) is 6.07 Å². The van der Waals surface area contributed by atoms with Gasteiger partial charge in [0.05, 0.1) is 29.7 Å². The lowest BCUT2D eigenvalue weighted by Crippen LogP contribution is -2.56. The summed E-state index contributed by atoms with van der Waals surface area (Å²) in [7, 11) is 0. The second-order valence-corrected chi connectivity index (χ2v) is 8.34. The lowest BCUT2D eigenvalue weighted by molar-refractivity contribution is -0.183. The van der Waals surface area contributed by atoms with Crippen LogP contribution in [0.5, 0.6) is 0 Å². The number of nitrogens with zero attached hydrogens (tertiary/aromatic N) is 4. The number of rotatable bonds is 2. The summed E-state index contributed by atoms with van der Waals surface area (Å²) >= 11 is 0. The van der Waals surface area contributed by atoms with Crippen LogP contribution in [0.3, 0.4) is 0 Å². The minimum atomic E-state index is -4.20. The first-order chi connectivity index (χ1) is 14.8. The molecule has 6 nitrogen and oxygen atoms in total. The summed E-state index contributed by atoms with van der Waals surface area (Å²) in [5.74, 6) is -1.74. The molecule has 164 valence electrons. The highest BCUT2D eigenvalue weighted by molar-refractivity contribution is 6.06. The molecule has 1 saturated heterocycles. The van der Waals surface area contributed by atoms with E-state index in [1.807, 2.05) is 11.0 Å². The fourth-order valence-electron chi connectivity index (χ4n) is 4.80. The van der Waals surface area contributed by atoms with Gasteiger partial charge in [0.2, 0.25) is 0 Å². The highest BCUT2D eigenvalue weighted by Gasteiger charge is 2.47. The van der Waals surface area contributed by atoms with E-state index in [9.17, 15) is 22.4 Å². The Bertz CT molecular complexity index is 1010. The van der Waals surface area contributed by atoms with Crippen molar-refractivity contribution in [2.45, 2.75) is 50.4 Å². The molecule has 0 radical (unpaired) electrons. The van der Waals surface area contributed by atoms with Crippen molar-refractivity contribution < 1.29 is 22.4 Å². The predicted octanol–water partition coefficient (Wildman–Crippen LogP) is 5.04. The van der Waals surface area contributed by atoms with Gasteiger partial charge in [-0.05, 0) is 31.4 Å². The molecule has 2 amide bonds. The van der Waals surface area contributed by atoms with Gasteiger partial charge in [0.1, 0.15) is 12.0 Å². The summed E-state index contributed by atoms with van der Waals surface area (Å²) in [6.07, 6.45) is 0.0475. The Morgan fingerprint density at radius 3 is 2.71 bits per heavy atom. The van der Waals surface area contributed by atoms with Crippen molar-refractivity contribution in [1.29, 1.82) is 0 Å². The molecule has 2 aliphatic heterocycles. The zero-order chi connectivity index (χ0) is 21.8. The molecular weight excluding hydrogens is 414 g/mol. The number of carbonyl (C=O) groups is 1. The Kier molecular flexibility index (Phi) is 4.75. The van der Waals surface area contributed by atoms with Crippen molar-refractivity contribution in [2.75, 3.05) is 21.7 Å². The normalized spacial score (nSPS) is 25.0. The van der Waals surface area contributed by atoms with Crippen molar-refractivity contribution in [3.05, 3.63) is 42.1 Å². The molecule has 31 heavy (non-hydrogen) atoms. The maximum absolute atomic E-state index is 13.4. The molecule has 1 saturated carbocycles. The Morgan fingerprint density at radius 2 is 2.00 bits per heavy atom. The molecule has 3 unspecified atom stereocenters. The summed E-state index contributed by atoms with van der Waals surface area (Å²) in [6, 6.07) is 4.33. The SMILES string of the molecule is O=C(Nc1cncc(F)c1)N1c2nc(C3CCCC(C(F)(F)F)C3)ccc2N2CCC21. The molecule has 2 fully saturated rings. The molecule has 1 N–H and O–H groups in total. The predicted molar refractivity (Wildman–Crippen MR) is 106 cm³/mol. The van der Waals surface area contributed by atoms with Gasteiger partial charge < -0.3 is 10.2 Å². The van der Waals surface area contributed by atoms with Gasteiger partial charge in [-0.1, -0.05) is 6.42 Å². The fourth-order valence-corrected chi connectivity index (χ4v) is 4.80. The summed E-state index contributed by atoms with van der Waals surface area (Å²) in [5, 5.41) is 2.65. The number of pyridine rings is 2. The Hall–Kier alpha value is -2.91. The second-order valence-electron chi connectivity index (χ2n) is 8.34. The van der Waals surface area contributed by atoms with Crippen molar-refractivity contribution >= 4 is 23.2 Å². The van der Waals surface area contributed by atoms with Crippen LogP contribution in [0, 0.1) is 11.7 Å². The van der Waals surface area contributed by atoms with Gasteiger partial charge in [-0.2, -0.15) is 13.2 Å². The molecule has 0 aromatic carbocycles. The lowest BCUT2D eigenvalue weighted by atomic mass is 9.79. The van der Waals surface area contributed by atoms with Crippen LogP contribution in [0.25, 0.3) is 0 Å². The minimum Gasteiger partial charge on any atom is -0.347 e. The highest BCUT2D eigenvalue weighted by Crippen LogP contribution is 2.47. The molecular formula is C21H21F4N5O. The van der Waals surface area contributed by atoms with E-state index in [2.05, 4.69) is 15.3 Å². The first-order valence-corrected chi connectivity index (χ1v) is 10.4. The van der Waals surface area contributed by atoms with Crippen LogP contribution in [-0.4, -0.2) is 34.9 Å². The van der Waals surface area contributed by atoms with Crippen LogP contribution >= 0.6 is 0 Å². The number of hydrogen-bond donors (Lipinski definition) is 1. The molecule has 4 heterocycles. The van der Waals surface area contributed by atoms with Crippen LogP contribution in [-0.2, 0) is 0 Å². The Labute approximate surface area is 176 Å². The van der Waals surface area contributed by atoms with Crippen molar-refractivity contribution in [3.8, 4) is 0 Å². The van der Waals surface area contributed by atoms with E-state index < -0.39 is 23.9 Å². The van der Waals surface area contributed by atoms with Crippen LogP contribution < -0.4 is 15.1 Å². The Balaban J connectivity index is 1.42. The highest BCUT2D eigenvalue weighted by atomic mass is 19.4. The van der Waals surface area contributed by atoms with E-state index in [-0.39, 0.29) is 30.6 Å². The molecule has 10 heteroatoms. The van der Waals surface area contributed by atoms with E-state index in [4.69, 9.17) is 0 Å². The molecule has 3 atom stereocenters. The summed E-state index contributed by atoms with van der Waals surface area (Å²) in [5.41, 5.74) is 1.59. The number of anilines is 3. The molecule has 2 aromatic heterocycles. The number of nitrogens with one attached hydrogen (secondary N) is 1. The third-order valence-electron chi connectivity index (χ3n) is 6.43. The van der Waals surface area contributed by atoms with E-state index >= 15 is 0 Å². The zero-order valence-corrected chi connectivity index (χ0v) is 16.6. The fraction of sp³-hybridized carbons (Fsp3) is 0.476. The number of halogens is 4. The Morgan fingerprint density at radius 1 is 1.16 bits per heavy atom. The van der Waals surface area contributed by atoms with Crippen molar-refractivity contribution in [1.82, 2.24) is 9.97 Å². The summed E-state index contributed by atoms with van der Waals surface area (Å²) in [6.45, 7) is 0.767. The van der Waals surface area contributed by atoms with Gasteiger partial charge in [-0.15, -0.1) is 0 Å². The van der Waals surface area contributed by atoms with Gasteiger partial charge in [0, 0.05) is 30.6 Å². The molecule has 5 rings (SSSR count). The summed E-state index contributed by atoms with van der Waals surface area (Å²) < 4.78 is 53.2. The van der Waals surface area contributed by atoms with Crippen LogP contribution in [0.2, 0.25) is 0 Å². The molecule has 0 spiro atoms. The average molecular weight is 435 g/mol. The van der Waals surface area contributed by atoms with Gasteiger partial charge in [-0.3, -0.25) is 9.88 Å². The zero-order valence-electron chi connectivity index (χ0n) is 16.6. The first-order valence-electron chi connectivity index (χ1n) is 10.4. The van der Waals surface area contributed by atoms with Gasteiger partial charge >= 0.3 is 12.2 Å². The van der Waals surface area contributed by atoms with E-state index in [0.29, 0.717) is 24.4 Å². The smallest absolute Gasteiger partial charge is 0.347 e. The van der Waals surface area contributed by atoms with Crippen LogP contribution in [0.4, 0.5) is 39.5 Å². The minimum absolute atomic E-state index is 0.0174. The maximum atomic E-state index is 13.4. The number of urea groups is 1. The molecule has 0 bridgehead atoms. The van der Waals surface area contributed by atoms with E-state index in [0.717, 1.165) is 24.8 Å². The van der Waals surface area contributed by atoms with Gasteiger partial charge in [-0.25, -0.2) is 14.2 Å². The number of carbonyl (C=O) groups excluding carboxylic acids is 1. The molecule has 1 aliphatic carbocycles. The number of hydrogen-bond acceptors (Lipinski definition) is 4. The number of fused-ring (bicyclic) bond motifs is 3. The van der Waals surface area contributed by atoms with Crippen LogP contribution in [0.1, 0.15) is 43.7 Å². The monoisotopic (exact) mass is 435 g/mol. The second kappa shape index (κ2) is 7.35. The molecule has 3 aliphatic rings. The van der Waals surface area contributed by atoms with Gasteiger partial charge in [0.15, 0.2) is 5.82 Å². The lowest BCUT2D eigenvalue weighted by Gasteiger charge is -2.39. The van der Waals surface area contributed by atoms with Crippen molar-refractivity contribution in [2.24, 2.45) is 5.92 Å². The average Bonchev–Trinajstić information content (AvgIpc) is 2.93. The third kappa shape index (κ3) is 3.57. The number of amides is 2. The van der Waals surface area contributed by atoms with E-state index in [1.165, 1.54) is 17.2 Å². The largest absolute Gasteiger partial charge is 0.391 e. The first kappa shape index (κ1) is 20.0. The van der Waals surface area contributed by atoms with Crippen molar-refractivity contribution in [3.63, 3.8) is 0 Å². The van der Waals surface area contributed by atoms with Crippen LogP contribution in [0.15, 0.2) is 30.6 Å². The maximum Gasteiger partial charge on any atom is 0.391 e. The number of alkyl halides is 3. The molecule has 2 aromatic rings. The third-order valence-corrected chi connectivity index (χ3v) is 6.43. The van der Waals surface area contributed by atoms with Gasteiger partial charge in [0.25, 0.3) is 0 Å². The number of aromatic nitrogens is 2. The quantitative estimate of drug-likeness (QED) is 0.672.